The second-order valence-electron chi connectivity index (χ2n) is 3.65. The van der Waals surface area contributed by atoms with E-state index in [9.17, 15) is 18.0 Å². The summed E-state index contributed by atoms with van der Waals surface area (Å²) in [6, 6.07) is 2.08. The minimum Gasteiger partial charge on any atom is -0.478 e. The zero-order chi connectivity index (χ0) is 13.8. The van der Waals surface area contributed by atoms with E-state index < -0.39 is 17.8 Å². The highest BCUT2D eigenvalue weighted by Gasteiger charge is 2.32. The molecule has 98 valence electrons. The largest absolute Gasteiger partial charge is 0.478 e. The van der Waals surface area contributed by atoms with Crippen molar-refractivity contribution < 1.29 is 23.1 Å². The number of carboxylic acids is 1. The number of pyridine rings is 1. The van der Waals surface area contributed by atoms with Gasteiger partial charge in [0.05, 0.1) is 0 Å². The van der Waals surface area contributed by atoms with Crippen LogP contribution in [0.4, 0.5) is 13.2 Å². The third kappa shape index (κ3) is 3.87. The van der Waals surface area contributed by atoms with Crippen molar-refractivity contribution in [2.24, 2.45) is 0 Å². The van der Waals surface area contributed by atoms with Gasteiger partial charge in [-0.2, -0.15) is 13.2 Å². The molecule has 1 heterocycles. The van der Waals surface area contributed by atoms with Crippen LogP contribution in [-0.2, 0) is 17.4 Å². The maximum atomic E-state index is 12.5. The van der Waals surface area contributed by atoms with E-state index in [1.807, 2.05) is 6.92 Å². The van der Waals surface area contributed by atoms with Gasteiger partial charge >= 0.3 is 12.1 Å². The third-order valence-electron chi connectivity index (χ3n) is 2.19. The van der Waals surface area contributed by atoms with Gasteiger partial charge in [-0.1, -0.05) is 19.4 Å². The maximum absolute atomic E-state index is 12.5. The maximum Gasteiger partial charge on any atom is 0.433 e. The molecule has 0 aliphatic heterocycles. The topological polar surface area (TPSA) is 50.2 Å². The number of carbonyl (C=O) groups is 1. The lowest BCUT2D eigenvalue weighted by Crippen LogP contribution is -2.10. The van der Waals surface area contributed by atoms with E-state index in [0.717, 1.165) is 12.1 Å². The van der Waals surface area contributed by atoms with Gasteiger partial charge in [0.25, 0.3) is 0 Å². The molecule has 0 aromatic carbocycles. The Kier molecular flexibility index (Phi) is 4.47. The van der Waals surface area contributed by atoms with Gasteiger partial charge in [0.1, 0.15) is 5.69 Å². The number of hydrogen-bond acceptors (Lipinski definition) is 2. The molecular weight excluding hydrogens is 247 g/mol. The second kappa shape index (κ2) is 5.66. The van der Waals surface area contributed by atoms with Crippen LogP contribution in [0, 0.1) is 0 Å². The summed E-state index contributed by atoms with van der Waals surface area (Å²) in [7, 11) is 0. The highest BCUT2D eigenvalue weighted by molar-refractivity contribution is 5.85. The van der Waals surface area contributed by atoms with Gasteiger partial charge in [0.15, 0.2) is 0 Å². The number of nitrogens with zero attached hydrogens (tertiary/aromatic N) is 1. The smallest absolute Gasteiger partial charge is 0.433 e. The van der Waals surface area contributed by atoms with Crippen LogP contribution < -0.4 is 0 Å². The molecule has 18 heavy (non-hydrogen) atoms. The van der Waals surface area contributed by atoms with Gasteiger partial charge in [0, 0.05) is 11.8 Å². The third-order valence-corrected chi connectivity index (χ3v) is 2.19. The molecule has 1 rings (SSSR count). The van der Waals surface area contributed by atoms with Gasteiger partial charge in [0.2, 0.25) is 0 Å². The Balaban J connectivity index is 3.16. The molecule has 0 saturated carbocycles. The summed E-state index contributed by atoms with van der Waals surface area (Å²) in [5, 5.41) is 8.49. The van der Waals surface area contributed by atoms with Crippen LogP contribution >= 0.6 is 0 Å². The average molecular weight is 259 g/mol. The molecule has 1 aromatic heterocycles. The average Bonchev–Trinajstić information content (AvgIpc) is 2.26. The van der Waals surface area contributed by atoms with Gasteiger partial charge in [-0.15, -0.1) is 0 Å². The fourth-order valence-electron chi connectivity index (χ4n) is 1.42. The quantitative estimate of drug-likeness (QED) is 0.845. The lowest BCUT2D eigenvalue weighted by Gasteiger charge is -2.09. The summed E-state index contributed by atoms with van der Waals surface area (Å²) in [6.07, 6.45) is -1.37. The fraction of sp³-hybridized carbons (Fsp3) is 0.333. The monoisotopic (exact) mass is 259 g/mol. The molecule has 0 fully saturated rings. The number of halogens is 3. The number of rotatable bonds is 4. The molecule has 0 aliphatic carbocycles. The lowest BCUT2D eigenvalue weighted by molar-refractivity contribution is -0.141. The summed E-state index contributed by atoms with van der Waals surface area (Å²) in [5.41, 5.74) is -0.310. The first-order valence-electron chi connectivity index (χ1n) is 5.32. The number of aliphatic carboxylic acids is 1. The fourth-order valence-corrected chi connectivity index (χ4v) is 1.42. The molecule has 0 radical (unpaired) electrons. The van der Waals surface area contributed by atoms with Crippen LogP contribution in [0.1, 0.15) is 30.3 Å². The second-order valence-corrected chi connectivity index (χ2v) is 3.65. The van der Waals surface area contributed by atoms with Crippen LogP contribution in [0.5, 0.6) is 0 Å². The SMILES string of the molecule is CCCc1nc(C(F)(F)F)ccc1/C=C/C(=O)O. The van der Waals surface area contributed by atoms with E-state index in [-0.39, 0.29) is 5.69 Å². The van der Waals surface area contributed by atoms with Crippen molar-refractivity contribution in [3.8, 4) is 0 Å². The Labute approximate surface area is 102 Å². The Morgan fingerprint density at radius 2 is 2.11 bits per heavy atom. The summed E-state index contributed by atoms with van der Waals surface area (Å²) in [4.78, 5) is 13.9. The summed E-state index contributed by atoms with van der Waals surface area (Å²) in [5.74, 6) is -1.16. The molecule has 0 saturated heterocycles. The first kappa shape index (κ1) is 14.2. The summed E-state index contributed by atoms with van der Waals surface area (Å²) < 4.78 is 37.4. The molecule has 1 N–H and O–H groups in total. The molecule has 0 unspecified atom stereocenters. The zero-order valence-corrected chi connectivity index (χ0v) is 9.66. The number of carboxylic acid groups (broad SMARTS) is 1. The molecule has 6 heteroatoms. The Morgan fingerprint density at radius 1 is 1.44 bits per heavy atom. The van der Waals surface area contributed by atoms with E-state index >= 15 is 0 Å². The molecule has 0 atom stereocenters. The summed E-state index contributed by atoms with van der Waals surface area (Å²) in [6.45, 7) is 1.81. The molecule has 0 amide bonds. The highest BCUT2D eigenvalue weighted by atomic mass is 19.4. The first-order chi connectivity index (χ1) is 8.34. The Morgan fingerprint density at radius 3 is 2.61 bits per heavy atom. The first-order valence-corrected chi connectivity index (χ1v) is 5.32. The standard InChI is InChI=1S/C12H12F3NO2/c1-2-3-9-8(5-7-11(17)18)4-6-10(16-9)12(13,14)15/h4-7H,2-3H2,1H3,(H,17,18)/b7-5+. The van der Waals surface area contributed by atoms with Crippen molar-refractivity contribution in [3.63, 3.8) is 0 Å². The van der Waals surface area contributed by atoms with Crippen molar-refractivity contribution in [3.05, 3.63) is 35.2 Å². The number of aromatic nitrogens is 1. The molecule has 0 spiro atoms. The van der Waals surface area contributed by atoms with Crippen LogP contribution in [0.25, 0.3) is 6.08 Å². The number of aryl methyl sites for hydroxylation is 1. The minimum atomic E-state index is -4.49. The van der Waals surface area contributed by atoms with Crippen LogP contribution in [0.15, 0.2) is 18.2 Å². The highest BCUT2D eigenvalue weighted by Crippen LogP contribution is 2.28. The number of hydrogen-bond donors (Lipinski definition) is 1. The summed E-state index contributed by atoms with van der Waals surface area (Å²) >= 11 is 0. The van der Waals surface area contributed by atoms with Crippen LogP contribution in [-0.4, -0.2) is 16.1 Å². The Bertz CT molecular complexity index is 467. The Hall–Kier alpha value is -1.85. The predicted octanol–water partition coefficient (Wildman–Crippen LogP) is 3.15. The van der Waals surface area contributed by atoms with Crippen LogP contribution in [0.3, 0.4) is 0 Å². The molecule has 1 aromatic rings. The number of alkyl halides is 3. The van der Waals surface area contributed by atoms with E-state index in [1.165, 1.54) is 12.1 Å². The van der Waals surface area contributed by atoms with Gasteiger partial charge < -0.3 is 5.11 Å². The van der Waals surface area contributed by atoms with E-state index in [0.29, 0.717) is 18.4 Å². The zero-order valence-electron chi connectivity index (χ0n) is 9.66. The minimum absolute atomic E-state index is 0.254. The van der Waals surface area contributed by atoms with Crippen LogP contribution in [0.2, 0.25) is 0 Å². The lowest BCUT2D eigenvalue weighted by atomic mass is 10.1. The molecular formula is C12H12F3NO2. The van der Waals surface area contributed by atoms with Crippen molar-refractivity contribution in [1.82, 2.24) is 4.98 Å². The van der Waals surface area contributed by atoms with Crippen molar-refractivity contribution in [1.29, 1.82) is 0 Å². The van der Waals surface area contributed by atoms with Gasteiger partial charge in [-0.05, 0) is 24.1 Å². The predicted molar refractivity (Wildman–Crippen MR) is 59.9 cm³/mol. The van der Waals surface area contributed by atoms with Crippen molar-refractivity contribution in [2.45, 2.75) is 25.9 Å². The van der Waals surface area contributed by atoms with Crippen molar-refractivity contribution >= 4 is 12.0 Å². The van der Waals surface area contributed by atoms with E-state index in [1.54, 1.807) is 0 Å². The van der Waals surface area contributed by atoms with Crippen molar-refractivity contribution in [2.75, 3.05) is 0 Å². The molecule has 0 bridgehead atoms. The van der Waals surface area contributed by atoms with Gasteiger partial charge in [-0.25, -0.2) is 9.78 Å². The molecule has 0 aliphatic rings. The van der Waals surface area contributed by atoms with E-state index in [2.05, 4.69) is 4.98 Å². The van der Waals surface area contributed by atoms with E-state index in [4.69, 9.17) is 5.11 Å². The normalized spacial score (nSPS) is 12.0. The molecule has 3 nitrogen and oxygen atoms in total. The van der Waals surface area contributed by atoms with Gasteiger partial charge in [-0.3, -0.25) is 0 Å².